The molecule has 0 amide bonds. The summed E-state index contributed by atoms with van der Waals surface area (Å²) in [7, 11) is 1.64. The average molecular weight is 304 g/mol. The van der Waals surface area contributed by atoms with Gasteiger partial charge >= 0.3 is 0 Å². The third-order valence-corrected chi connectivity index (χ3v) is 3.43. The fourth-order valence-corrected chi connectivity index (χ4v) is 2.09. The standard InChI is InChI=1S/C12H15Cl2N3O2/c1-18-4-5-19-3-2-17-11-7-9(14)8(13)6-10(11)16-12(17)15/h6-7H,2-5H2,1H3,(H2,15,16). The van der Waals surface area contributed by atoms with E-state index in [9.17, 15) is 0 Å². The van der Waals surface area contributed by atoms with Gasteiger partial charge in [0.25, 0.3) is 0 Å². The highest BCUT2D eigenvalue weighted by Crippen LogP contribution is 2.28. The second kappa shape index (κ2) is 6.43. The number of methoxy groups -OCH3 is 1. The minimum Gasteiger partial charge on any atom is -0.382 e. The van der Waals surface area contributed by atoms with Gasteiger partial charge in [0.1, 0.15) is 0 Å². The van der Waals surface area contributed by atoms with Crippen LogP contribution < -0.4 is 5.73 Å². The van der Waals surface area contributed by atoms with Crippen molar-refractivity contribution < 1.29 is 9.47 Å². The molecule has 0 aliphatic rings. The Morgan fingerprint density at radius 2 is 1.95 bits per heavy atom. The molecular weight excluding hydrogens is 289 g/mol. The summed E-state index contributed by atoms with van der Waals surface area (Å²) >= 11 is 12.0. The second-order valence-electron chi connectivity index (χ2n) is 3.98. The normalized spacial score (nSPS) is 11.3. The summed E-state index contributed by atoms with van der Waals surface area (Å²) < 4.78 is 12.2. The number of aromatic nitrogens is 2. The summed E-state index contributed by atoms with van der Waals surface area (Å²) in [5.41, 5.74) is 7.45. The number of ether oxygens (including phenoxy) is 2. The van der Waals surface area contributed by atoms with Crippen molar-refractivity contribution in [3.63, 3.8) is 0 Å². The number of rotatable bonds is 6. The van der Waals surface area contributed by atoms with Gasteiger partial charge in [-0.05, 0) is 12.1 Å². The summed E-state index contributed by atoms with van der Waals surface area (Å²) in [6, 6.07) is 3.47. The van der Waals surface area contributed by atoms with Crippen molar-refractivity contribution in [2.24, 2.45) is 0 Å². The van der Waals surface area contributed by atoms with E-state index in [0.29, 0.717) is 42.4 Å². The number of nitrogens with zero attached hydrogens (tertiary/aromatic N) is 2. The molecule has 0 fully saturated rings. The fraction of sp³-hybridized carbons (Fsp3) is 0.417. The molecule has 0 spiro atoms. The Labute approximate surface area is 121 Å². The largest absolute Gasteiger partial charge is 0.382 e. The van der Waals surface area contributed by atoms with Gasteiger partial charge in [0, 0.05) is 13.7 Å². The number of nitrogens with two attached hydrogens (primary N) is 1. The minimum absolute atomic E-state index is 0.420. The molecule has 1 aromatic heterocycles. The molecule has 7 heteroatoms. The first kappa shape index (κ1) is 14.4. The highest BCUT2D eigenvalue weighted by atomic mass is 35.5. The van der Waals surface area contributed by atoms with Crippen LogP contribution in [0, 0.1) is 0 Å². The highest BCUT2D eigenvalue weighted by molar-refractivity contribution is 6.42. The summed E-state index contributed by atoms with van der Waals surface area (Å²) in [5, 5.41) is 0.950. The zero-order chi connectivity index (χ0) is 13.8. The van der Waals surface area contributed by atoms with Crippen molar-refractivity contribution in [3.8, 4) is 0 Å². The molecule has 0 aliphatic heterocycles. The van der Waals surface area contributed by atoms with Crippen LogP contribution >= 0.6 is 23.2 Å². The number of fused-ring (bicyclic) bond motifs is 1. The zero-order valence-corrected chi connectivity index (χ0v) is 12.0. The maximum atomic E-state index is 6.01. The van der Waals surface area contributed by atoms with Crippen molar-refractivity contribution in [1.82, 2.24) is 9.55 Å². The van der Waals surface area contributed by atoms with Crippen LogP contribution in [0.3, 0.4) is 0 Å². The first-order valence-corrected chi connectivity index (χ1v) is 6.56. The van der Waals surface area contributed by atoms with E-state index in [1.54, 1.807) is 19.2 Å². The number of hydrogen-bond acceptors (Lipinski definition) is 4. The number of anilines is 1. The molecule has 0 unspecified atom stereocenters. The third kappa shape index (κ3) is 3.30. The maximum Gasteiger partial charge on any atom is 0.201 e. The Hall–Kier alpha value is -1.01. The molecule has 1 heterocycles. The number of halogens is 2. The highest BCUT2D eigenvalue weighted by Gasteiger charge is 2.10. The molecule has 5 nitrogen and oxygen atoms in total. The van der Waals surface area contributed by atoms with Crippen LogP contribution in [0.25, 0.3) is 11.0 Å². The van der Waals surface area contributed by atoms with E-state index in [4.69, 9.17) is 38.4 Å². The lowest BCUT2D eigenvalue weighted by atomic mass is 10.3. The molecule has 0 aliphatic carbocycles. The lowest BCUT2D eigenvalue weighted by molar-refractivity contribution is 0.0671. The van der Waals surface area contributed by atoms with Crippen molar-refractivity contribution in [1.29, 1.82) is 0 Å². The van der Waals surface area contributed by atoms with Crippen molar-refractivity contribution in [3.05, 3.63) is 22.2 Å². The predicted octanol–water partition coefficient (Wildman–Crippen LogP) is 2.59. The van der Waals surface area contributed by atoms with E-state index in [1.807, 2.05) is 4.57 Å². The van der Waals surface area contributed by atoms with Gasteiger partial charge in [-0.3, -0.25) is 0 Å². The van der Waals surface area contributed by atoms with Gasteiger partial charge in [-0.25, -0.2) is 4.98 Å². The van der Waals surface area contributed by atoms with Crippen LogP contribution in [0.2, 0.25) is 10.0 Å². The lowest BCUT2D eigenvalue weighted by Gasteiger charge is -2.07. The molecule has 0 saturated carbocycles. The Balaban J connectivity index is 2.13. The molecule has 2 rings (SSSR count). The van der Waals surface area contributed by atoms with E-state index >= 15 is 0 Å². The topological polar surface area (TPSA) is 62.3 Å². The Bertz CT molecular complexity index is 572. The minimum atomic E-state index is 0.420. The number of benzene rings is 1. The Morgan fingerprint density at radius 1 is 1.21 bits per heavy atom. The molecule has 2 N–H and O–H groups in total. The summed E-state index contributed by atoms with van der Waals surface area (Å²) in [6.07, 6.45) is 0. The van der Waals surface area contributed by atoms with Crippen molar-refractivity contribution in [2.75, 3.05) is 32.7 Å². The summed E-state index contributed by atoms with van der Waals surface area (Å²) in [4.78, 5) is 4.25. The van der Waals surface area contributed by atoms with Crippen LogP contribution in [-0.4, -0.2) is 36.5 Å². The SMILES string of the molecule is COCCOCCn1c(N)nc2cc(Cl)c(Cl)cc21. The monoisotopic (exact) mass is 303 g/mol. The van der Waals surface area contributed by atoms with Crippen LogP contribution in [0.15, 0.2) is 12.1 Å². The quantitative estimate of drug-likeness (QED) is 0.833. The molecular formula is C12H15Cl2N3O2. The van der Waals surface area contributed by atoms with E-state index in [1.165, 1.54) is 0 Å². The number of hydrogen-bond donors (Lipinski definition) is 1. The van der Waals surface area contributed by atoms with Crippen molar-refractivity contribution >= 4 is 40.2 Å². The van der Waals surface area contributed by atoms with E-state index in [-0.39, 0.29) is 0 Å². The first-order valence-electron chi connectivity index (χ1n) is 5.81. The van der Waals surface area contributed by atoms with Crippen LogP contribution in [-0.2, 0) is 16.0 Å². The zero-order valence-electron chi connectivity index (χ0n) is 10.5. The van der Waals surface area contributed by atoms with Gasteiger partial charge < -0.3 is 19.8 Å². The van der Waals surface area contributed by atoms with Crippen LogP contribution in [0.4, 0.5) is 5.95 Å². The van der Waals surface area contributed by atoms with E-state index in [0.717, 1.165) is 11.0 Å². The first-order chi connectivity index (χ1) is 9.13. The van der Waals surface area contributed by atoms with Crippen molar-refractivity contribution in [2.45, 2.75) is 6.54 Å². The van der Waals surface area contributed by atoms with E-state index in [2.05, 4.69) is 4.98 Å². The number of nitrogen functional groups attached to an aromatic ring is 1. The van der Waals surface area contributed by atoms with Gasteiger partial charge in [-0.1, -0.05) is 23.2 Å². The molecule has 104 valence electrons. The predicted molar refractivity (Wildman–Crippen MR) is 76.9 cm³/mol. The van der Waals surface area contributed by atoms with Gasteiger partial charge in [0.2, 0.25) is 5.95 Å². The van der Waals surface area contributed by atoms with Crippen LogP contribution in [0.5, 0.6) is 0 Å². The number of imidazole rings is 1. The van der Waals surface area contributed by atoms with E-state index < -0.39 is 0 Å². The Morgan fingerprint density at radius 3 is 2.68 bits per heavy atom. The molecule has 2 aromatic rings. The molecule has 0 bridgehead atoms. The molecule has 1 aromatic carbocycles. The smallest absolute Gasteiger partial charge is 0.201 e. The van der Waals surface area contributed by atoms with Gasteiger partial charge in [0.05, 0.1) is 40.9 Å². The van der Waals surface area contributed by atoms with Gasteiger partial charge in [-0.15, -0.1) is 0 Å². The molecule has 0 saturated heterocycles. The maximum absolute atomic E-state index is 6.01. The van der Waals surface area contributed by atoms with Gasteiger partial charge in [-0.2, -0.15) is 0 Å². The Kier molecular flexibility index (Phi) is 4.87. The fourth-order valence-electron chi connectivity index (χ4n) is 1.77. The third-order valence-electron chi connectivity index (χ3n) is 2.71. The van der Waals surface area contributed by atoms with Gasteiger partial charge in [0.15, 0.2) is 0 Å². The molecule has 0 radical (unpaired) electrons. The van der Waals surface area contributed by atoms with Crippen LogP contribution in [0.1, 0.15) is 0 Å². The summed E-state index contributed by atoms with van der Waals surface area (Å²) in [6.45, 7) is 2.25. The lowest BCUT2D eigenvalue weighted by Crippen LogP contribution is -2.11. The average Bonchev–Trinajstić information content (AvgIpc) is 2.66. The molecule has 19 heavy (non-hydrogen) atoms. The molecule has 0 atom stereocenters. The second-order valence-corrected chi connectivity index (χ2v) is 4.80. The summed E-state index contributed by atoms with van der Waals surface area (Å²) in [5.74, 6) is 0.420.